The first-order valence-corrected chi connectivity index (χ1v) is 5.70. The summed E-state index contributed by atoms with van der Waals surface area (Å²) in [5, 5.41) is 2.68. The third-order valence-electron chi connectivity index (χ3n) is 2.93. The van der Waals surface area contributed by atoms with Crippen LogP contribution in [0, 0.1) is 5.92 Å². The third-order valence-corrected chi connectivity index (χ3v) is 2.93. The molecule has 1 atom stereocenters. The Labute approximate surface area is 91.0 Å². The molecule has 86 valence electrons. The Morgan fingerprint density at radius 3 is 2.47 bits per heavy atom. The minimum absolute atomic E-state index is 0.00335. The van der Waals surface area contributed by atoms with Gasteiger partial charge in [-0.3, -0.25) is 9.59 Å². The molecule has 0 unspecified atom stereocenters. The van der Waals surface area contributed by atoms with Gasteiger partial charge >= 0.3 is 0 Å². The largest absolute Gasteiger partial charge is 0.347 e. The molecule has 0 radical (unpaired) electrons. The third kappa shape index (κ3) is 3.53. The van der Waals surface area contributed by atoms with Gasteiger partial charge in [-0.25, -0.2) is 0 Å². The van der Waals surface area contributed by atoms with Gasteiger partial charge in [0.2, 0.25) is 11.8 Å². The molecule has 1 aliphatic rings. The molecule has 2 amide bonds. The van der Waals surface area contributed by atoms with Crippen LogP contribution in [0.5, 0.6) is 0 Å². The molecule has 1 aliphatic heterocycles. The van der Waals surface area contributed by atoms with Crippen molar-refractivity contribution >= 4 is 11.8 Å². The number of carbonyl (C=O) groups excluding carboxylic acids is 2. The molecule has 1 rings (SSSR count). The van der Waals surface area contributed by atoms with Crippen molar-refractivity contribution in [1.29, 1.82) is 0 Å². The fraction of sp³-hybridized carbons (Fsp3) is 0.818. The Bertz CT molecular complexity index is 235. The lowest BCUT2D eigenvalue weighted by Gasteiger charge is -2.16. The van der Waals surface area contributed by atoms with Gasteiger partial charge in [-0.1, -0.05) is 13.8 Å². The molecule has 0 saturated carbocycles. The van der Waals surface area contributed by atoms with Crippen LogP contribution in [0.2, 0.25) is 0 Å². The Morgan fingerprint density at radius 1 is 1.33 bits per heavy atom. The van der Waals surface area contributed by atoms with Gasteiger partial charge in [0.05, 0.1) is 6.54 Å². The lowest BCUT2D eigenvalue weighted by atomic mass is 10.1. The zero-order chi connectivity index (χ0) is 11.3. The fourth-order valence-corrected chi connectivity index (χ4v) is 1.60. The Hall–Kier alpha value is -1.06. The maximum atomic E-state index is 11.6. The van der Waals surface area contributed by atoms with E-state index < -0.39 is 0 Å². The molecule has 0 bridgehead atoms. The molecule has 0 aromatic heterocycles. The average Bonchev–Trinajstić information content (AvgIpc) is 2.77. The highest BCUT2D eigenvalue weighted by molar-refractivity contribution is 5.85. The number of nitrogens with zero attached hydrogens (tertiary/aromatic N) is 1. The van der Waals surface area contributed by atoms with E-state index in [0.29, 0.717) is 0 Å². The molecule has 1 N–H and O–H groups in total. The monoisotopic (exact) mass is 212 g/mol. The van der Waals surface area contributed by atoms with Crippen LogP contribution >= 0.6 is 0 Å². The maximum absolute atomic E-state index is 11.6. The van der Waals surface area contributed by atoms with E-state index in [2.05, 4.69) is 5.32 Å². The van der Waals surface area contributed by atoms with E-state index in [1.54, 1.807) is 0 Å². The predicted octanol–water partition coefficient (Wildman–Crippen LogP) is 0.771. The minimum atomic E-state index is -0.0231. The number of amides is 2. The molecular formula is C11H20N2O2. The zero-order valence-electron chi connectivity index (χ0n) is 9.58. The molecule has 0 aromatic rings. The van der Waals surface area contributed by atoms with Gasteiger partial charge in [-0.15, -0.1) is 0 Å². The summed E-state index contributed by atoms with van der Waals surface area (Å²) in [4.78, 5) is 24.8. The molecular weight excluding hydrogens is 192 g/mol. The van der Waals surface area contributed by atoms with Crippen LogP contribution in [0.4, 0.5) is 0 Å². The quantitative estimate of drug-likeness (QED) is 0.748. The van der Waals surface area contributed by atoms with E-state index in [1.165, 1.54) is 0 Å². The molecule has 0 aliphatic carbocycles. The highest BCUT2D eigenvalue weighted by Gasteiger charge is 2.19. The second kappa shape index (κ2) is 5.73. The Morgan fingerprint density at radius 2 is 1.93 bits per heavy atom. The van der Waals surface area contributed by atoms with Gasteiger partial charge in [0.1, 0.15) is 0 Å². The van der Waals surface area contributed by atoms with Crippen molar-refractivity contribution in [3.05, 3.63) is 0 Å². The van der Waals surface area contributed by atoms with Crippen LogP contribution in [-0.2, 0) is 9.59 Å². The standard InChI is InChI=1S/C11H20N2O2/c1-3-9(2)11(15)12-8-10(14)13-6-4-5-7-13/h9H,3-8H2,1-2H3,(H,12,15)/t9-/m1/s1. The van der Waals surface area contributed by atoms with Crippen molar-refractivity contribution in [3.8, 4) is 0 Å². The van der Waals surface area contributed by atoms with Crippen molar-refractivity contribution in [2.45, 2.75) is 33.1 Å². The molecule has 1 fully saturated rings. The van der Waals surface area contributed by atoms with E-state index in [0.717, 1.165) is 32.4 Å². The molecule has 1 saturated heterocycles. The molecule has 15 heavy (non-hydrogen) atoms. The number of hydrogen-bond donors (Lipinski definition) is 1. The van der Waals surface area contributed by atoms with Gasteiger partial charge in [0.15, 0.2) is 0 Å². The summed E-state index contributed by atoms with van der Waals surface area (Å²) in [6.45, 7) is 5.68. The van der Waals surface area contributed by atoms with Crippen LogP contribution in [0.3, 0.4) is 0 Å². The number of rotatable bonds is 4. The lowest BCUT2D eigenvalue weighted by molar-refractivity contribution is -0.133. The first-order chi connectivity index (χ1) is 7.15. The topological polar surface area (TPSA) is 49.4 Å². The van der Waals surface area contributed by atoms with Crippen LogP contribution < -0.4 is 5.32 Å². The number of carbonyl (C=O) groups is 2. The van der Waals surface area contributed by atoms with Crippen molar-refractivity contribution in [1.82, 2.24) is 10.2 Å². The number of likely N-dealkylation sites (tertiary alicyclic amines) is 1. The first-order valence-electron chi connectivity index (χ1n) is 5.70. The van der Waals surface area contributed by atoms with Crippen molar-refractivity contribution in [3.63, 3.8) is 0 Å². The second-order valence-corrected chi connectivity index (χ2v) is 4.11. The van der Waals surface area contributed by atoms with E-state index >= 15 is 0 Å². The Balaban J connectivity index is 2.24. The molecule has 1 heterocycles. The van der Waals surface area contributed by atoms with Gasteiger partial charge < -0.3 is 10.2 Å². The smallest absolute Gasteiger partial charge is 0.241 e. The second-order valence-electron chi connectivity index (χ2n) is 4.11. The maximum Gasteiger partial charge on any atom is 0.241 e. The predicted molar refractivity (Wildman–Crippen MR) is 58.3 cm³/mol. The summed E-state index contributed by atoms with van der Waals surface area (Å²) in [6, 6.07) is 0. The summed E-state index contributed by atoms with van der Waals surface area (Å²) in [6.07, 6.45) is 2.99. The van der Waals surface area contributed by atoms with E-state index in [4.69, 9.17) is 0 Å². The zero-order valence-corrected chi connectivity index (χ0v) is 9.58. The van der Waals surface area contributed by atoms with Crippen molar-refractivity contribution in [2.75, 3.05) is 19.6 Å². The summed E-state index contributed by atoms with van der Waals surface area (Å²) in [5.74, 6) is 0.0191. The molecule has 0 spiro atoms. The fourth-order valence-electron chi connectivity index (χ4n) is 1.60. The van der Waals surface area contributed by atoms with Crippen LogP contribution in [-0.4, -0.2) is 36.3 Å². The highest BCUT2D eigenvalue weighted by Crippen LogP contribution is 2.07. The number of hydrogen-bond acceptors (Lipinski definition) is 2. The minimum Gasteiger partial charge on any atom is -0.347 e. The average molecular weight is 212 g/mol. The van der Waals surface area contributed by atoms with Gasteiger partial charge in [-0.05, 0) is 19.3 Å². The van der Waals surface area contributed by atoms with Crippen LogP contribution in [0.15, 0.2) is 0 Å². The summed E-state index contributed by atoms with van der Waals surface area (Å²) >= 11 is 0. The highest BCUT2D eigenvalue weighted by atomic mass is 16.2. The van der Waals surface area contributed by atoms with Gasteiger partial charge in [0, 0.05) is 19.0 Å². The lowest BCUT2D eigenvalue weighted by Crippen LogP contribution is -2.40. The molecule has 4 heteroatoms. The first kappa shape index (κ1) is 12.0. The van der Waals surface area contributed by atoms with Crippen LogP contribution in [0.1, 0.15) is 33.1 Å². The number of nitrogens with one attached hydrogen (secondary N) is 1. The van der Waals surface area contributed by atoms with Crippen molar-refractivity contribution < 1.29 is 9.59 Å². The molecule has 0 aromatic carbocycles. The summed E-state index contributed by atoms with van der Waals surface area (Å²) in [5.41, 5.74) is 0. The van der Waals surface area contributed by atoms with E-state index in [9.17, 15) is 9.59 Å². The molecule has 4 nitrogen and oxygen atoms in total. The summed E-state index contributed by atoms with van der Waals surface area (Å²) in [7, 11) is 0. The Kier molecular flexibility index (Phi) is 4.59. The van der Waals surface area contributed by atoms with Gasteiger partial charge in [-0.2, -0.15) is 0 Å². The van der Waals surface area contributed by atoms with E-state index in [-0.39, 0.29) is 24.3 Å². The summed E-state index contributed by atoms with van der Waals surface area (Å²) < 4.78 is 0. The van der Waals surface area contributed by atoms with Crippen LogP contribution in [0.25, 0.3) is 0 Å². The SMILES string of the molecule is CC[C@@H](C)C(=O)NCC(=O)N1CCCC1. The van der Waals surface area contributed by atoms with Crippen molar-refractivity contribution in [2.24, 2.45) is 5.92 Å². The normalized spacial score (nSPS) is 17.6. The van der Waals surface area contributed by atoms with E-state index in [1.807, 2.05) is 18.7 Å². The van der Waals surface area contributed by atoms with Gasteiger partial charge in [0.25, 0.3) is 0 Å².